The Hall–Kier alpha value is -1.47. The van der Waals surface area contributed by atoms with Gasteiger partial charge in [-0.1, -0.05) is 0 Å². The zero-order chi connectivity index (χ0) is 14.5. The Balaban J connectivity index is 2.45. The zero-order valence-corrected chi connectivity index (χ0v) is 10.6. The van der Waals surface area contributed by atoms with Crippen molar-refractivity contribution in [2.24, 2.45) is 5.92 Å². The molecule has 19 heavy (non-hydrogen) atoms. The number of hydrogen-bond acceptors (Lipinski definition) is 3. The summed E-state index contributed by atoms with van der Waals surface area (Å²) in [5.74, 6) is -0.860. The van der Waals surface area contributed by atoms with Crippen molar-refractivity contribution in [3.8, 4) is 0 Å². The Morgan fingerprint density at radius 2 is 2.11 bits per heavy atom. The van der Waals surface area contributed by atoms with Crippen molar-refractivity contribution in [2.75, 3.05) is 26.2 Å². The maximum Gasteiger partial charge on any atom is 0.405 e. The monoisotopic (exact) mass is 282 g/mol. The highest BCUT2D eigenvalue weighted by Gasteiger charge is 2.32. The summed E-state index contributed by atoms with van der Waals surface area (Å²) in [6, 6.07) is -0.800. The van der Waals surface area contributed by atoms with Crippen molar-refractivity contribution < 1.29 is 27.5 Å². The number of amides is 2. The number of rotatable bonds is 3. The number of nitrogens with zero attached hydrogens (tertiary/aromatic N) is 1. The largest absolute Gasteiger partial charge is 0.466 e. The van der Waals surface area contributed by atoms with Gasteiger partial charge in [0.25, 0.3) is 0 Å². The van der Waals surface area contributed by atoms with Crippen LogP contribution >= 0.6 is 0 Å². The quantitative estimate of drug-likeness (QED) is 0.799. The molecule has 110 valence electrons. The van der Waals surface area contributed by atoms with E-state index in [-0.39, 0.29) is 13.2 Å². The second-order valence-corrected chi connectivity index (χ2v) is 4.31. The molecule has 0 aromatic carbocycles. The molecule has 8 heteroatoms. The van der Waals surface area contributed by atoms with Gasteiger partial charge in [0, 0.05) is 13.1 Å². The van der Waals surface area contributed by atoms with Crippen LogP contribution in [0.3, 0.4) is 0 Å². The highest BCUT2D eigenvalue weighted by Crippen LogP contribution is 2.18. The Morgan fingerprint density at radius 3 is 2.68 bits per heavy atom. The van der Waals surface area contributed by atoms with Crippen LogP contribution in [0.5, 0.6) is 0 Å². The summed E-state index contributed by atoms with van der Waals surface area (Å²) >= 11 is 0. The highest BCUT2D eigenvalue weighted by molar-refractivity contribution is 5.77. The topological polar surface area (TPSA) is 58.6 Å². The fourth-order valence-electron chi connectivity index (χ4n) is 1.90. The molecule has 0 saturated carbocycles. The third kappa shape index (κ3) is 5.35. The number of alkyl halides is 3. The number of urea groups is 1. The summed E-state index contributed by atoms with van der Waals surface area (Å²) < 4.78 is 40.8. The smallest absolute Gasteiger partial charge is 0.405 e. The molecule has 1 N–H and O–H groups in total. The summed E-state index contributed by atoms with van der Waals surface area (Å²) in [4.78, 5) is 24.3. The third-order valence-corrected chi connectivity index (χ3v) is 2.77. The Kier molecular flexibility index (Phi) is 5.44. The minimum Gasteiger partial charge on any atom is -0.466 e. The van der Waals surface area contributed by atoms with Crippen molar-refractivity contribution in [1.82, 2.24) is 10.2 Å². The number of likely N-dealkylation sites (tertiary alicyclic amines) is 1. The predicted octanol–water partition coefficient (Wildman–Crippen LogP) is 1.53. The summed E-state index contributed by atoms with van der Waals surface area (Å²) in [5.41, 5.74) is 0. The van der Waals surface area contributed by atoms with Gasteiger partial charge >= 0.3 is 18.2 Å². The van der Waals surface area contributed by atoms with Crippen LogP contribution < -0.4 is 5.32 Å². The predicted molar refractivity (Wildman–Crippen MR) is 60.4 cm³/mol. The van der Waals surface area contributed by atoms with Gasteiger partial charge in [-0.25, -0.2) is 4.79 Å². The SMILES string of the molecule is CCOC(=O)C1CCCN(C(=O)NCC(F)(F)F)C1. The van der Waals surface area contributed by atoms with Crippen LogP contribution in [-0.4, -0.2) is 49.3 Å². The average molecular weight is 282 g/mol. The van der Waals surface area contributed by atoms with E-state index in [1.807, 2.05) is 0 Å². The van der Waals surface area contributed by atoms with Crippen LogP contribution in [0.1, 0.15) is 19.8 Å². The van der Waals surface area contributed by atoms with Crippen molar-refractivity contribution in [3.63, 3.8) is 0 Å². The van der Waals surface area contributed by atoms with Crippen LogP contribution in [0.4, 0.5) is 18.0 Å². The molecule has 1 fully saturated rings. The molecule has 0 radical (unpaired) electrons. The summed E-state index contributed by atoms with van der Waals surface area (Å²) in [6.07, 6.45) is -3.28. The molecule has 5 nitrogen and oxygen atoms in total. The number of piperidine rings is 1. The van der Waals surface area contributed by atoms with Gasteiger partial charge in [0.2, 0.25) is 0 Å². The van der Waals surface area contributed by atoms with Gasteiger partial charge in [0.05, 0.1) is 12.5 Å². The maximum absolute atomic E-state index is 12.0. The van der Waals surface area contributed by atoms with Crippen LogP contribution in [-0.2, 0) is 9.53 Å². The molecule has 0 aromatic heterocycles. The molecule has 0 aromatic rings. The van der Waals surface area contributed by atoms with E-state index in [2.05, 4.69) is 0 Å². The molecule has 1 heterocycles. The van der Waals surface area contributed by atoms with Gasteiger partial charge in [-0.15, -0.1) is 0 Å². The maximum atomic E-state index is 12.0. The van der Waals surface area contributed by atoms with E-state index in [0.29, 0.717) is 19.4 Å². The number of carbonyl (C=O) groups is 2. The molecule has 1 unspecified atom stereocenters. The minimum absolute atomic E-state index is 0.0997. The summed E-state index contributed by atoms with van der Waals surface area (Å²) in [5, 5.41) is 1.79. The van der Waals surface area contributed by atoms with Crippen molar-refractivity contribution in [1.29, 1.82) is 0 Å². The van der Waals surface area contributed by atoms with Crippen molar-refractivity contribution in [3.05, 3.63) is 0 Å². The molecule has 2 amide bonds. The molecule has 1 aliphatic rings. The molecular formula is C11H17F3N2O3. The van der Waals surface area contributed by atoms with Crippen LogP contribution in [0, 0.1) is 5.92 Å². The lowest BCUT2D eigenvalue weighted by Crippen LogP contribution is -2.49. The van der Waals surface area contributed by atoms with E-state index in [1.165, 1.54) is 4.90 Å². The first-order chi connectivity index (χ1) is 8.83. The Morgan fingerprint density at radius 1 is 1.42 bits per heavy atom. The first kappa shape index (κ1) is 15.6. The summed E-state index contributed by atoms with van der Waals surface area (Å²) in [6.45, 7) is 0.999. The zero-order valence-electron chi connectivity index (χ0n) is 10.6. The number of halogens is 3. The molecule has 0 aliphatic carbocycles. The second-order valence-electron chi connectivity index (χ2n) is 4.31. The van der Waals surface area contributed by atoms with E-state index in [4.69, 9.17) is 4.74 Å². The van der Waals surface area contributed by atoms with Crippen LogP contribution in [0.2, 0.25) is 0 Å². The number of carbonyl (C=O) groups excluding carboxylic acids is 2. The minimum atomic E-state index is -4.44. The molecule has 1 saturated heterocycles. The third-order valence-electron chi connectivity index (χ3n) is 2.77. The van der Waals surface area contributed by atoms with Gasteiger partial charge in [0.1, 0.15) is 6.54 Å². The standard InChI is InChI=1S/C11H17F3N2O3/c1-2-19-9(17)8-4-3-5-16(6-8)10(18)15-7-11(12,13)14/h8H,2-7H2,1H3,(H,15,18). The molecule has 0 bridgehead atoms. The lowest BCUT2D eigenvalue weighted by atomic mass is 9.98. The Labute approximate surface area is 109 Å². The molecule has 0 spiro atoms. The van der Waals surface area contributed by atoms with Gasteiger partial charge < -0.3 is 15.0 Å². The molecule has 1 aliphatic heterocycles. The highest BCUT2D eigenvalue weighted by atomic mass is 19.4. The normalized spacial score (nSPS) is 20.0. The Bertz CT molecular complexity index is 334. The lowest BCUT2D eigenvalue weighted by Gasteiger charge is -2.31. The first-order valence-electron chi connectivity index (χ1n) is 6.09. The first-order valence-corrected chi connectivity index (χ1v) is 6.09. The van der Waals surface area contributed by atoms with Gasteiger partial charge in [-0.3, -0.25) is 4.79 Å². The van der Waals surface area contributed by atoms with E-state index < -0.39 is 30.6 Å². The van der Waals surface area contributed by atoms with Crippen molar-refractivity contribution in [2.45, 2.75) is 25.9 Å². The van der Waals surface area contributed by atoms with Crippen molar-refractivity contribution >= 4 is 12.0 Å². The number of nitrogens with one attached hydrogen (secondary N) is 1. The second kappa shape index (κ2) is 6.63. The van der Waals surface area contributed by atoms with Gasteiger partial charge in [-0.2, -0.15) is 13.2 Å². The van der Waals surface area contributed by atoms with E-state index >= 15 is 0 Å². The van der Waals surface area contributed by atoms with Crippen LogP contribution in [0.15, 0.2) is 0 Å². The average Bonchev–Trinajstić information content (AvgIpc) is 2.35. The lowest BCUT2D eigenvalue weighted by molar-refractivity contribution is -0.149. The number of ether oxygens (including phenoxy) is 1. The number of hydrogen-bond donors (Lipinski definition) is 1. The van der Waals surface area contributed by atoms with Gasteiger partial charge in [0.15, 0.2) is 0 Å². The fraction of sp³-hybridized carbons (Fsp3) is 0.818. The molecule has 1 rings (SSSR count). The van der Waals surface area contributed by atoms with E-state index in [0.717, 1.165) is 0 Å². The summed E-state index contributed by atoms with van der Waals surface area (Å²) in [7, 11) is 0. The van der Waals surface area contributed by atoms with Crippen LogP contribution in [0.25, 0.3) is 0 Å². The molecule has 1 atom stereocenters. The van der Waals surface area contributed by atoms with Gasteiger partial charge in [-0.05, 0) is 19.8 Å². The number of esters is 1. The molecular weight excluding hydrogens is 265 g/mol. The van der Waals surface area contributed by atoms with E-state index in [1.54, 1.807) is 12.2 Å². The van der Waals surface area contributed by atoms with E-state index in [9.17, 15) is 22.8 Å². The fourth-order valence-corrected chi connectivity index (χ4v) is 1.90.